The lowest BCUT2D eigenvalue weighted by molar-refractivity contribution is -0.873. The molecule has 1 unspecified atom stereocenters. The van der Waals surface area contributed by atoms with Gasteiger partial charge in [-0.2, -0.15) is 0 Å². The maximum Gasteiger partial charge on any atom is 0.307 e. The van der Waals surface area contributed by atoms with Crippen LogP contribution in [0, 0.1) is 0 Å². The van der Waals surface area contributed by atoms with Gasteiger partial charge in [0.1, 0.15) is 12.3 Å². The van der Waals surface area contributed by atoms with Crippen LogP contribution in [0.3, 0.4) is 0 Å². The molecule has 23 heavy (non-hydrogen) atoms. The molecule has 0 saturated heterocycles. The number of ether oxygens (including phenoxy) is 1. The molecular formula is C16H27N2O5+. The third kappa shape index (κ3) is 7.94. The fourth-order valence-electron chi connectivity index (χ4n) is 2.22. The smallest absolute Gasteiger partial charge is 0.307 e. The molecule has 5 N–H and O–H groups in total. The van der Waals surface area contributed by atoms with Crippen molar-refractivity contribution < 1.29 is 29.3 Å². The minimum atomic E-state index is -1.56. The Kier molecular flexibility index (Phi) is 6.96. The summed E-state index contributed by atoms with van der Waals surface area (Å²) in [5.74, 6) is -0.324. The number of aliphatic hydroxyl groups is 2. The predicted octanol–water partition coefficient (Wildman–Crippen LogP) is -0.205. The van der Waals surface area contributed by atoms with Gasteiger partial charge in [0.25, 0.3) is 0 Å². The molecular weight excluding hydrogens is 300 g/mol. The Labute approximate surface area is 136 Å². The highest BCUT2D eigenvalue weighted by Gasteiger charge is 2.23. The van der Waals surface area contributed by atoms with E-state index in [-0.39, 0.29) is 6.42 Å². The maximum atomic E-state index is 11.0. The van der Waals surface area contributed by atoms with Crippen molar-refractivity contribution in [3.05, 3.63) is 29.8 Å². The van der Waals surface area contributed by atoms with Crippen LogP contribution in [0.5, 0.6) is 5.75 Å². The largest absolute Gasteiger partial charge is 0.484 e. The molecule has 0 spiro atoms. The Balaban J connectivity index is 2.71. The van der Waals surface area contributed by atoms with Crippen LogP contribution < -0.4 is 10.5 Å². The third-order valence-electron chi connectivity index (χ3n) is 3.23. The maximum absolute atomic E-state index is 11.0. The molecule has 2 atom stereocenters. The zero-order valence-corrected chi connectivity index (χ0v) is 13.8. The Bertz CT molecular complexity index is 496. The van der Waals surface area contributed by atoms with Gasteiger partial charge >= 0.3 is 5.97 Å². The van der Waals surface area contributed by atoms with Gasteiger partial charge in [-0.25, -0.2) is 0 Å². The molecule has 7 heteroatoms. The summed E-state index contributed by atoms with van der Waals surface area (Å²) in [6.45, 7) is 0.565. The van der Waals surface area contributed by atoms with E-state index in [1.54, 1.807) is 24.3 Å². The van der Waals surface area contributed by atoms with E-state index in [4.69, 9.17) is 25.8 Å². The molecule has 1 rings (SSSR count). The van der Waals surface area contributed by atoms with Crippen LogP contribution in [0.1, 0.15) is 12.0 Å². The quantitative estimate of drug-likeness (QED) is 0.369. The SMILES string of the molecule is C[N+](C)(C)CC(CC(=O)O)Oc1ccc(C[C@H](N)C(O)O)cc1. The van der Waals surface area contributed by atoms with Gasteiger partial charge in [0.05, 0.1) is 33.6 Å². The fraction of sp³-hybridized carbons (Fsp3) is 0.562. The number of hydrogen-bond donors (Lipinski definition) is 4. The van der Waals surface area contributed by atoms with E-state index in [9.17, 15) is 4.79 Å². The lowest BCUT2D eigenvalue weighted by Crippen LogP contribution is -2.44. The molecule has 1 aromatic rings. The van der Waals surface area contributed by atoms with Gasteiger partial charge in [-0.15, -0.1) is 0 Å². The predicted molar refractivity (Wildman–Crippen MR) is 85.9 cm³/mol. The van der Waals surface area contributed by atoms with E-state index in [0.29, 0.717) is 23.2 Å². The summed E-state index contributed by atoms with van der Waals surface area (Å²) in [7, 11) is 5.93. The lowest BCUT2D eigenvalue weighted by atomic mass is 10.1. The number of nitrogens with zero attached hydrogens (tertiary/aromatic N) is 1. The number of quaternary nitrogens is 1. The van der Waals surface area contributed by atoms with Crippen molar-refractivity contribution in [2.24, 2.45) is 5.73 Å². The lowest BCUT2D eigenvalue weighted by Gasteiger charge is -2.29. The molecule has 0 bridgehead atoms. The zero-order valence-electron chi connectivity index (χ0n) is 13.8. The van der Waals surface area contributed by atoms with E-state index in [0.717, 1.165) is 5.56 Å². The summed E-state index contributed by atoms with van der Waals surface area (Å²) in [5, 5.41) is 27.0. The summed E-state index contributed by atoms with van der Waals surface area (Å²) < 4.78 is 6.38. The standard InChI is InChI=1S/C16H26N2O5/c1-18(2,3)10-13(9-15(19)20)23-12-6-4-11(5-7-12)8-14(17)16(21)22/h4-7,13-14,16,21-22H,8-10,17H2,1-3H3/p+1/t13?,14-/m0/s1. The molecule has 130 valence electrons. The second-order valence-electron chi connectivity index (χ2n) is 6.74. The van der Waals surface area contributed by atoms with Gasteiger partial charge < -0.3 is 30.3 Å². The number of rotatable bonds is 9. The second-order valence-corrected chi connectivity index (χ2v) is 6.74. The first-order valence-electron chi connectivity index (χ1n) is 7.46. The average Bonchev–Trinajstić information content (AvgIpc) is 2.38. The zero-order chi connectivity index (χ0) is 17.6. The number of aliphatic carboxylic acids is 1. The first-order valence-corrected chi connectivity index (χ1v) is 7.46. The van der Waals surface area contributed by atoms with Gasteiger partial charge in [0, 0.05) is 0 Å². The van der Waals surface area contributed by atoms with Crippen molar-refractivity contribution >= 4 is 5.97 Å². The van der Waals surface area contributed by atoms with E-state index < -0.39 is 24.4 Å². The highest BCUT2D eigenvalue weighted by Crippen LogP contribution is 2.17. The molecule has 0 heterocycles. The van der Waals surface area contributed by atoms with E-state index in [1.165, 1.54) is 0 Å². The molecule has 1 aromatic carbocycles. The number of carbonyl (C=O) groups is 1. The molecule has 0 amide bonds. The molecule has 0 fully saturated rings. The molecule has 0 aromatic heterocycles. The monoisotopic (exact) mass is 327 g/mol. The molecule has 0 radical (unpaired) electrons. The number of carboxylic acid groups (broad SMARTS) is 1. The van der Waals surface area contributed by atoms with E-state index in [2.05, 4.69) is 0 Å². The van der Waals surface area contributed by atoms with Gasteiger partial charge in [0.2, 0.25) is 0 Å². The highest BCUT2D eigenvalue weighted by atomic mass is 16.5. The van der Waals surface area contributed by atoms with Gasteiger partial charge in [0.15, 0.2) is 12.4 Å². The summed E-state index contributed by atoms with van der Waals surface area (Å²) in [4.78, 5) is 11.0. The first-order chi connectivity index (χ1) is 10.6. The summed E-state index contributed by atoms with van der Waals surface area (Å²) in [6.07, 6.45) is -1.73. The van der Waals surface area contributed by atoms with Crippen LogP contribution >= 0.6 is 0 Å². The molecule has 7 nitrogen and oxygen atoms in total. The summed E-state index contributed by atoms with van der Waals surface area (Å²) >= 11 is 0. The Morgan fingerprint density at radius 1 is 1.22 bits per heavy atom. The van der Waals surface area contributed by atoms with Gasteiger partial charge in [-0.3, -0.25) is 4.79 Å². The molecule has 0 saturated carbocycles. The van der Waals surface area contributed by atoms with Crippen LogP contribution in [0.25, 0.3) is 0 Å². The number of carboxylic acids is 1. The van der Waals surface area contributed by atoms with Crippen molar-refractivity contribution in [3.8, 4) is 5.75 Å². The molecule has 0 aliphatic heterocycles. The highest BCUT2D eigenvalue weighted by molar-refractivity contribution is 5.67. The van der Waals surface area contributed by atoms with Crippen molar-refractivity contribution in [2.75, 3.05) is 27.7 Å². The second kappa shape index (κ2) is 8.26. The fourth-order valence-corrected chi connectivity index (χ4v) is 2.22. The Morgan fingerprint density at radius 2 is 1.78 bits per heavy atom. The van der Waals surface area contributed by atoms with Crippen LogP contribution in [-0.4, -0.2) is 71.9 Å². The Morgan fingerprint density at radius 3 is 2.22 bits per heavy atom. The molecule has 0 aliphatic rings. The normalized spacial score (nSPS) is 14.6. The number of aliphatic hydroxyl groups excluding tert-OH is 1. The third-order valence-corrected chi connectivity index (χ3v) is 3.23. The van der Waals surface area contributed by atoms with Crippen molar-refractivity contribution in [2.45, 2.75) is 31.3 Å². The number of benzene rings is 1. The van der Waals surface area contributed by atoms with Crippen molar-refractivity contribution in [1.82, 2.24) is 0 Å². The van der Waals surface area contributed by atoms with E-state index >= 15 is 0 Å². The topological polar surface area (TPSA) is 113 Å². The van der Waals surface area contributed by atoms with Crippen molar-refractivity contribution in [1.29, 1.82) is 0 Å². The van der Waals surface area contributed by atoms with Crippen molar-refractivity contribution in [3.63, 3.8) is 0 Å². The van der Waals surface area contributed by atoms with Gasteiger partial charge in [-0.1, -0.05) is 12.1 Å². The minimum Gasteiger partial charge on any atom is -0.484 e. The first kappa shape index (κ1) is 19.4. The number of nitrogens with two attached hydrogens (primary N) is 1. The number of hydrogen-bond acceptors (Lipinski definition) is 5. The van der Waals surface area contributed by atoms with Crippen LogP contribution in [0.4, 0.5) is 0 Å². The molecule has 0 aliphatic carbocycles. The van der Waals surface area contributed by atoms with Gasteiger partial charge in [-0.05, 0) is 24.1 Å². The minimum absolute atomic E-state index is 0.0706. The Hall–Kier alpha value is -1.67. The van der Waals surface area contributed by atoms with Crippen LogP contribution in [-0.2, 0) is 11.2 Å². The van der Waals surface area contributed by atoms with Crippen LogP contribution in [0.2, 0.25) is 0 Å². The van der Waals surface area contributed by atoms with E-state index in [1.807, 2.05) is 21.1 Å². The summed E-state index contributed by atoms with van der Waals surface area (Å²) in [6, 6.07) is 6.27. The van der Waals surface area contributed by atoms with Crippen LogP contribution in [0.15, 0.2) is 24.3 Å². The average molecular weight is 327 g/mol. The summed E-state index contributed by atoms with van der Waals surface area (Å²) in [5.41, 5.74) is 6.44. The number of likely N-dealkylation sites (N-methyl/N-ethyl adjacent to an activating group) is 1.